The van der Waals surface area contributed by atoms with Gasteiger partial charge in [-0.05, 0) is 12.1 Å². The van der Waals surface area contributed by atoms with Gasteiger partial charge in [0, 0.05) is 11.6 Å². The van der Waals surface area contributed by atoms with Crippen LogP contribution in [0.4, 0.5) is 0 Å². The Morgan fingerprint density at radius 1 is 1.43 bits per heavy atom. The van der Waals surface area contributed by atoms with E-state index < -0.39 is 5.97 Å². The number of aliphatic hydroxyl groups excluding tert-OH is 1. The average Bonchev–Trinajstić information content (AvgIpc) is 3.22. The first-order valence-electron chi connectivity index (χ1n) is 6.67. The number of fused-ring (bicyclic) bond motifs is 1. The average molecular weight is 347 g/mol. The normalized spacial score (nSPS) is 12.2. The molecule has 0 unspecified atom stereocenters. The zero-order chi connectivity index (χ0) is 16.2. The van der Waals surface area contributed by atoms with E-state index in [1.165, 1.54) is 30.2 Å². The summed E-state index contributed by atoms with van der Waals surface area (Å²) in [6, 6.07) is 7.39. The number of nitrogens with zero attached hydrogens (tertiary/aromatic N) is 2. The molecule has 6 nitrogen and oxygen atoms in total. The highest BCUT2D eigenvalue weighted by Gasteiger charge is 2.22. The monoisotopic (exact) mass is 347 g/mol. The Hall–Kier alpha value is -2.32. The van der Waals surface area contributed by atoms with Crippen LogP contribution >= 0.6 is 23.1 Å². The summed E-state index contributed by atoms with van der Waals surface area (Å²) in [6.07, 6.45) is 1.69. The molecule has 0 fully saturated rings. The zero-order valence-corrected chi connectivity index (χ0v) is 13.8. The summed E-state index contributed by atoms with van der Waals surface area (Å²) >= 11 is 2.81. The summed E-state index contributed by atoms with van der Waals surface area (Å²) in [5.74, 6) is -0.248. The number of rotatable bonds is 5. The number of carbonyl (C=O) groups excluding carboxylic acids is 1. The van der Waals surface area contributed by atoms with Gasteiger partial charge in [-0.25, -0.2) is 14.8 Å². The number of hydrogen-bond acceptors (Lipinski definition) is 7. The number of thioether (sulfide) groups is 1. The number of thiazole rings is 1. The fourth-order valence-corrected chi connectivity index (χ4v) is 3.52. The van der Waals surface area contributed by atoms with E-state index in [9.17, 15) is 9.90 Å². The fourth-order valence-electron chi connectivity index (χ4n) is 2.01. The van der Waals surface area contributed by atoms with Crippen LogP contribution in [0.2, 0.25) is 0 Å². The van der Waals surface area contributed by atoms with Crippen LogP contribution in [-0.2, 0) is 9.53 Å². The molecule has 2 heterocycles. The Kier molecular flexibility index (Phi) is 4.63. The van der Waals surface area contributed by atoms with Crippen molar-refractivity contribution < 1.29 is 14.6 Å². The predicted molar refractivity (Wildman–Crippen MR) is 90.5 cm³/mol. The smallest absolute Gasteiger partial charge is 0.345 e. The van der Waals surface area contributed by atoms with Crippen molar-refractivity contribution in [1.82, 2.24) is 15.0 Å². The molecule has 0 spiro atoms. The number of esters is 1. The van der Waals surface area contributed by atoms with Gasteiger partial charge >= 0.3 is 5.97 Å². The van der Waals surface area contributed by atoms with Crippen LogP contribution in [-0.4, -0.2) is 38.9 Å². The van der Waals surface area contributed by atoms with Crippen LogP contribution in [0.5, 0.6) is 0 Å². The SMILES string of the molecule is COC(=O)C(=C(O)CSc1nccs1)c1nc2ccccc2[nH]1. The molecule has 0 aliphatic carbocycles. The molecule has 0 atom stereocenters. The van der Waals surface area contributed by atoms with Crippen molar-refractivity contribution in [3.05, 3.63) is 47.4 Å². The van der Waals surface area contributed by atoms with Crippen molar-refractivity contribution >= 4 is 45.7 Å². The molecule has 0 aliphatic heterocycles. The molecular formula is C15H13N3O3S2. The van der Waals surface area contributed by atoms with Crippen LogP contribution < -0.4 is 0 Å². The molecule has 3 aromatic rings. The second kappa shape index (κ2) is 6.84. The number of aliphatic hydroxyl groups is 1. The molecule has 118 valence electrons. The summed E-state index contributed by atoms with van der Waals surface area (Å²) < 4.78 is 5.59. The minimum Gasteiger partial charge on any atom is -0.510 e. The van der Waals surface area contributed by atoms with E-state index in [0.29, 0.717) is 5.52 Å². The molecule has 8 heteroatoms. The van der Waals surface area contributed by atoms with Gasteiger partial charge in [0.15, 0.2) is 0 Å². The second-order valence-corrected chi connectivity index (χ2v) is 6.62. The molecule has 2 N–H and O–H groups in total. The number of aromatic amines is 1. The summed E-state index contributed by atoms with van der Waals surface area (Å²) in [5, 5.41) is 12.2. The third-order valence-electron chi connectivity index (χ3n) is 3.05. The number of carbonyl (C=O) groups is 1. The Morgan fingerprint density at radius 3 is 2.96 bits per heavy atom. The Morgan fingerprint density at radius 2 is 2.26 bits per heavy atom. The van der Waals surface area contributed by atoms with Crippen LogP contribution in [0.3, 0.4) is 0 Å². The molecule has 0 radical (unpaired) electrons. The maximum atomic E-state index is 12.1. The lowest BCUT2D eigenvalue weighted by molar-refractivity contribution is -0.133. The van der Waals surface area contributed by atoms with Crippen LogP contribution in [0.15, 0.2) is 45.9 Å². The molecule has 2 aromatic heterocycles. The van der Waals surface area contributed by atoms with Gasteiger partial charge in [-0.2, -0.15) is 0 Å². The fraction of sp³-hybridized carbons (Fsp3) is 0.133. The number of hydrogen-bond donors (Lipinski definition) is 2. The maximum absolute atomic E-state index is 12.1. The van der Waals surface area contributed by atoms with E-state index in [-0.39, 0.29) is 22.9 Å². The minimum absolute atomic E-state index is 0.0350. The van der Waals surface area contributed by atoms with Crippen LogP contribution in [0, 0.1) is 0 Å². The number of nitrogens with one attached hydrogen (secondary N) is 1. The third-order valence-corrected chi connectivity index (χ3v) is 5.02. The van der Waals surface area contributed by atoms with Gasteiger partial charge in [0.2, 0.25) is 0 Å². The highest BCUT2D eigenvalue weighted by atomic mass is 32.2. The van der Waals surface area contributed by atoms with Gasteiger partial charge in [0.25, 0.3) is 0 Å². The number of aromatic nitrogens is 3. The van der Waals surface area contributed by atoms with E-state index in [1.54, 1.807) is 6.20 Å². The van der Waals surface area contributed by atoms with E-state index in [4.69, 9.17) is 4.74 Å². The lowest BCUT2D eigenvalue weighted by Gasteiger charge is -2.06. The lowest BCUT2D eigenvalue weighted by atomic mass is 10.2. The first-order valence-corrected chi connectivity index (χ1v) is 8.53. The van der Waals surface area contributed by atoms with Crippen LogP contribution in [0.1, 0.15) is 5.82 Å². The van der Waals surface area contributed by atoms with Gasteiger partial charge in [-0.1, -0.05) is 23.9 Å². The zero-order valence-electron chi connectivity index (χ0n) is 12.1. The number of para-hydroxylation sites is 2. The molecule has 3 rings (SSSR count). The Labute approximate surface area is 140 Å². The highest BCUT2D eigenvalue weighted by molar-refractivity contribution is 8.01. The predicted octanol–water partition coefficient (Wildman–Crippen LogP) is 3.25. The molecule has 0 saturated heterocycles. The van der Waals surface area contributed by atoms with Gasteiger partial charge in [0.05, 0.1) is 23.9 Å². The molecule has 1 aromatic carbocycles. The van der Waals surface area contributed by atoms with Crippen LogP contribution in [0.25, 0.3) is 16.6 Å². The second-order valence-electron chi connectivity index (χ2n) is 4.50. The molecule has 0 aliphatic rings. The summed E-state index contributed by atoms with van der Waals surface area (Å²) in [7, 11) is 1.27. The van der Waals surface area contributed by atoms with Gasteiger partial charge in [-0.3, -0.25) is 0 Å². The Bertz CT molecular complexity index is 823. The molecule has 0 saturated carbocycles. The topological polar surface area (TPSA) is 88.1 Å². The summed E-state index contributed by atoms with van der Waals surface area (Å²) in [4.78, 5) is 23.6. The number of benzene rings is 1. The first-order chi connectivity index (χ1) is 11.2. The number of methoxy groups -OCH3 is 1. The van der Waals surface area contributed by atoms with E-state index in [0.717, 1.165) is 9.86 Å². The number of ether oxygens (including phenoxy) is 1. The van der Waals surface area contributed by atoms with E-state index >= 15 is 0 Å². The van der Waals surface area contributed by atoms with Crippen molar-refractivity contribution in [3.8, 4) is 0 Å². The highest BCUT2D eigenvalue weighted by Crippen LogP contribution is 2.26. The quantitative estimate of drug-likeness (QED) is 0.319. The van der Waals surface area contributed by atoms with E-state index in [1.807, 2.05) is 29.6 Å². The van der Waals surface area contributed by atoms with Crippen molar-refractivity contribution in [2.24, 2.45) is 0 Å². The number of H-pyrrole nitrogens is 1. The summed E-state index contributed by atoms with van der Waals surface area (Å²) in [5.41, 5.74) is 1.53. The largest absolute Gasteiger partial charge is 0.510 e. The summed E-state index contributed by atoms with van der Waals surface area (Å²) in [6.45, 7) is 0. The first kappa shape index (κ1) is 15.6. The molecule has 0 bridgehead atoms. The van der Waals surface area contributed by atoms with Crippen molar-refractivity contribution in [2.45, 2.75) is 4.34 Å². The standard InChI is InChI=1S/C15H13N3O3S2/c1-21-14(20)12(11(19)8-23-15-16-6-7-22-15)13-17-9-4-2-3-5-10(9)18-13/h2-7,19H,8H2,1H3,(H,17,18). The lowest BCUT2D eigenvalue weighted by Crippen LogP contribution is -2.09. The molecule has 23 heavy (non-hydrogen) atoms. The maximum Gasteiger partial charge on any atom is 0.345 e. The minimum atomic E-state index is -0.638. The molecular weight excluding hydrogens is 334 g/mol. The number of imidazole rings is 1. The van der Waals surface area contributed by atoms with Crippen molar-refractivity contribution in [1.29, 1.82) is 0 Å². The Balaban J connectivity index is 1.95. The van der Waals surface area contributed by atoms with Crippen molar-refractivity contribution in [3.63, 3.8) is 0 Å². The van der Waals surface area contributed by atoms with Gasteiger partial charge in [0.1, 0.15) is 21.5 Å². The van der Waals surface area contributed by atoms with E-state index in [2.05, 4.69) is 15.0 Å². The third kappa shape index (κ3) is 3.38. The van der Waals surface area contributed by atoms with Crippen molar-refractivity contribution in [2.75, 3.05) is 12.9 Å². The van der Waals surface area contributed by atoms with Gasteiger partial charge in [-0.15, -0.1) is 11.3 Å². The van der Waals surface area contributed by atoms with Gasteiger partial charge < -0.3 is 14.8 Å². The molecule has 0 amide bonds.